The van der Waals surface area contributed by atoms with Crippen LogP contribution in [-0.2, 0) is 14.2 Å². The van der Waals surface area contributed by atoms with Crippen molar-refractivity contribution in [1.82, 2.24) is 19.9 Å². The van der Waals surface area contributed by atoms with Gasteiger partial charge < -0.3 is 14.2 Å². The molecule has 1 aromatic carbocycles. The maximum atomic E-state index is 5.61. The summed E-state index contributed by atoms with van der Waals surface area (Å²) in [7, 11) is 5.16. The summed E-state index contributed by atoms with van der Waals surface area (Å²) in [4.78, 5) is 17.2. The summed E-state index contributed by atoms with van der Waals surface area (Å²) in [5.41, 5.74) is 4.90. The Kier molecular flexibility index (Phi) is 21.4. The van der Waals surface area contributed by atoms with Crippen LogP contribution in [0, 0.1) is 5.92 Å². The molecular weight excluding hydrogens is 608 g/mol. The Bertz CT molecular complexity index is 1280. The maximum Gasteiger partial charge on any atom is 0.141 e. The molecule has 0 bridgehead atoms. The molecule has 1 saturated carbocycles. The van der Waals surface area contributed by atoms with Gasteiger partial charge in [0, 0.05) is 46.1 Å². The Morgan fingerprint density at radius 1 is 0.449 bits per heavy atom. The smallest absolute Gasteiger partial charge is 0.141 e. The fourth-order valence-electron chi connectivity index (χ4n) is 5.58. The highest BCUT2D eigenvalue weighted by molar-refractivity contribution is 5.25. The van der Waals surface area contributed by atoms with E-state index in [-0.39, 0.29) is 18.3 Å². The van der Waals surface area contributed by atoms with Crippen molar-refractivity contribution in [3.63, 3.8) is 0 Å². The topological polar surface area (TPSA) is 79.2 Å². The van der Waals surface area contributed by atoms with Crippen LogP contribution in [0.15, 0.2) is 128 Å². The molecule has 0 aliphatic heterocycles. The third kappa shape index (κ3) is 14.0. The van der Waals surface area contributed by atoms with Gasteiger partial charge in [-0.15, -0.1) is 0 Å². The molecule has 4 aromatic heterocycles. The van der Waals surface area contributed by atoms with Crippen LogP contribution in [0.5, 0.6) is 0 Å². The number of benzene rings is 1. The number of rotatable bonds is 9. The number of hydrogen-bond donors (Lipinski definition) is 0. The minimum Gasteiger partial charge on any atom is -0.375 e. The average Bonchev–Trinajstić information content (AvgIpc) is 3.20. The van der Waals surface area contributed by atoms with Crippen molar-refractivity contribution in [3.8, 4) is 0 Å². The van der Waals surface area contributed by atoms with Crippen LogP contribution in [0.2, 0.25) is 0 Å². The molecule has 49 heavy (non-hydrogen) atoms. The Morgan fingerprint density at radius 3 is 1.20 bits per heavy atom. The number of pyridine rings is 4. The maximum absolute atomic E-state index is 5.61. The zero-order valence-corrected chi connectivity index (χ0v) is 30.5. The van der Waals surface area contributed by atoms with Crippen LogP contribution in [0.25, 0.3) is 0 Å². The van der Waals surface area contributed by atoms with E-state index in [0.29, 0.717) is 5.92 Å². The van der Waals surface area contributed by atoms with E-state index >= 15 is 0 Å². The summed E-state index contributed by atoms with van der Waals surface area (Å²) < 4.78 is 16.5. The van der Waals surface area contributed by atoms with Gasteiger partial charge in [-0.2, -0.15) is 0 Å². The van der Waals surface area contributed by atoms with Crippen LogP contribution in [-0.4, -0.2) is 41.3 Å². The predicted octanol–water partition coefficient (Wildman–Crippen LogP) is 10.4. The first kappa shape index (κ1) is 40.9. The summed E-state index contributed by atoms with van der Waals surface area (Å²) in [5.74, 6) is 0.665. The van der Waals surface area contributed by atoms with E-state index < -0.39 is 0 Å². The molecule has 6 rings (SSSR count). The van der Waals surface area contributed by atoms with Crippen LogP contribution < -0.4 is 0 Å². The Morgan fingerprint density at radius 2 is 0.837 bits per heavy atom. The van der Waals surface area contributed by atoms with E-state index in [9.17, 15) is 0 Å². The second-order valence-electron chi connectivity index (χ2n) is 10.7. The van der Waals surface area contributed by atoms with Gasteiger partial charge >= 0.3 is 0 Å². The van der Waals surface area contributed by atoms with Gasteiger partial charge in [-0.3, -0.25) is 19.9 Å². The van der Waals surface area contributed by atoms with Crippen molar-refractivity contribution in [2.75, 3.05) is 21.3 Å². The second-order valence-corrected chi connectivity index (χ2v) is 10.7. The zero-order chi connectivity index (χ0) is 35.5. The molecule has 0 N–H and O–H groups in total. The lowest BCUT2D eigenvalue weighted by Crippen LogP contribution is -2.18. The van der Waals surface area contributed by atoms with Crippen molar-refractivity contribution in [3.05, 3.63) is 156 Å². The van der Waals surface area contributed by atoms with E-state index in [1.165, 1.54) is 32.1 Å². The van der Waals surface area contributed by atoms with Gasteiger partial charge in [0.25, 0.3) is 0 Å². The van der Waals surface area contributed by atoms with Gasteiger partial charge in [-0.25, -0.2) is 0 Å². The van der Waals surface area contributed by atoms with E-state index in [1.54, 1.807) is 39.9 Å². The summed E-state index contributed by atoms with van der Waals surface area (Å²) >= 11 is 0. The first-order chi connectivity index (χ1) is 24.2. The first-order valence-electron chi connectivity index (χ1n) is 17.5. The molecule has 5 aromatic rings. The van der Waals surface area contributed by atoms with Crippen molar-refractivity contribution in [2.45, 2.75) is 78.1 Å². The van der Waals surface area contributed by atoms with Crippen LogP contribution in [0.1, 0.15) is 106 Å². The van der Waals surface area contributed by atoms with Gasteiger partial charge in [0.1, 0.15) is 18.3 Å². The second kappa shape index (κ2) is 25.7. The van der Waals surface area contributed by atoms with Gasteiger partial charge in [-0.05, 0) is 72.9 Å². The molecule has 4 heterocycles. The molecule has 7 heteroatoms. The average molecular weight is 665 g/mol. The molecule has 2 atom stereocenters. The molecule has 1 fully saturated rings. The lowest BCUT2D eigenvalue weighted by atomic mass is 9.84. The zero-order valence-electron chi connectivity index (χ0n) is 30.5. The lowest BCUT2D eigenvalue weighted by molar-refractivity contribution is 0.0323. The quantitative estimate of drug-likeness (QED) is 0.155. The molecule has 0 saturated heterocycles. The largest absolute Gasteiger partial charge is 0.375 e. The molecular formula is C42H56N4O3. The van der Waals surface area contributed by atoms with Crippen molar-refractivity contribution >= 4 is 0 Å². The Labute approximate surface area is 295 Å². The Balaban J connectivity index is 0.000000242. The fourth-order valence-corrected chi connectivity index (χ4v) is 5.58. The molecule has 0 spiro atoms. The summed E-state index contributed by atoms with van der Waals surface area (Å²) in [6.45, 7) is 8.00. The van der Waals surface area contributed by atoms with Crippen LogP contribution in [0.4, 0.5) is 0 Å². The minimum atomic E-state index is -0.188. The highest BCUT2D eigenvalue weighted by Gasteiger charge is 2.25. The van der Waals surface area contributed by atoms with Crippen LogP contribution >= 0.6 is 0 Å². The Hall–Kier alpha value is -4.30. The molecule has 7 nitrogen and oxygen atoms in total. The normalized spacial score (nSPS) is 13.4. The summed E-state index contributed by atoms with van der Waals surface area (Å²) in [6.07, 6.45) is 13.7. The van der Waals surface area contributed by atoms with E-state index in [2.05, 4.69) is 26.0 Å². The molecule has 2 unspecified atom stereocenters. The third-order valence-electron chi connectivity index (χ3n) is 7.75. The molecule has 0 radical (unpaired) electrons. The van der Waals surface area contributed by atoms with Crippen LogP contribution in [0.3, 0.4) is 0 Å². The fraction of sp³-hybridized carbons (Fsp3) is 0.381. The molecule has 262 valence electrons. The number of methoxy groups -OCH3 is 3. The van der Waals surface area contributed by atoms with Gasteiger partial charge in [-0.1, -0.05) is 102 Å². The third-order valence-corrected chi connectivity index (χ3v) is 7.75. The van der Waals surface area contributed by atoms with E-state index in [0.717, 1.165) is 28.3 Å². The molecule has 0 amide bonds. The summed E-state index contributed by atoms with van der Waals surface area (Å²) in [6, 6.07) is 33.5. The number of nitrogens with zero attached hydrogens (tertiary/aromatic N) is 4. The highest BCUT2D eigenvalue weighted by atomic mass is 16.5. The predicted molar refractivity (Wildman–Crippen MR) is 200 cm³/mol. The monoisotopic (exact) mass is 664 g/mol. The van der Waals surface area contributed by atoms with E-state index in [4.69, 9.17) is 14.2 Å². The molecule has 1 aliphatic carbocycles. The van der Waals surface area contributed by atoms with Crippen molar-refractivity contribution in [2.24, 2.45) is 5.92 Å². The number of aromatic nitrogens is 4. The highest BCUT2D eigenvalue weighted by Crippen LogP contribution is 2.35. The van der Waals surface area contributed by atoms with Gasteiger partial charge in [0.05, 0.1) is 22.8 Å². The van der Waals surface area contributed by atoms with E-state index in [1.807, 2.05) is 131 Å². The minimum absolute atomic E-state index is 0.0765. The van der Waals surface area contributed by atoms with Crippen molar-refractivity contribution in [1.29, 1.82) is 0 Å². The SMILES string of the molecule is CC.CC.COC(c1ccccc1)c1ccccn1.COC(c1ccccn1)C1CCCCC1.COC(c1ccccn1)c1ccccn1. The van der Waals surface area contributed by atoms with Crippen molar-refractivity contribution < 1.29 is 14.2 Å². The summed E-state index contributed by atoms with van der Waals surface area (Å²) in [5, 5.41) is 0. The number of ether oxygens (including phenoxy) is 3. The van der Waals surface area contributed by atoms with Gasteiger partial charge in [0.15, 0.2) is 0 Å². The number of hydrogen-bond acceptors (Lipinski definition) is 7. The van der Waals surface area contributed by atoms with Gasteiger partial charge in [0.2, 0.25) is 0 Å². The first-order valence-corrected chi connectivity index (χ1v) is 17.5. The molecule has 1 aliphatic rings. The standard InChI is InChI=1S/C13H19NO.C13H13NO.C12H12N2O.2C2H6/c2*1-15-13(11-7-3-2-4-8-11)12-9-5-6-10-14-12;1-15-12(10-6-2-4-8-13-10)11-7-3-5-9-14-11;2*1-2/h5-6,9-11,13H,2-4,7-8H2,1H3;2-10,13H,1H3;2-9,12H,1H3;2*1-2H3. The lowest BCUT2D eigenvalue weighted by Gasteiger charge is -2.28.